The topological polar surface area (TPSA) is 68.0 Å². The molecule has 150 valence electrons. The van der Waals surface area contributed by atoms with Crippen molar-refractivity contribution >= 4 is 11.9 Å². The molecule has 0 fully saturated rings. The summed E-state index contributed by atoms with van der Waals surface area (Å²) in [6.07, 6.45) is 1.78. The molecule has 0 radical (unpaired) electrons. The lowest BCUT2D eigenvalue weighted by Gasteiger charge is -2.04. The van der Waals surface area contributed by atoms with Gasteiger partial charge in [0.25, 0.3) is 0 Å². The number of rotatable bonds is 7. The van der Waals surface area contributed by atoms with Crippen LogP contribution in [0.5, 0.6) is 0 Å². The highest BCUT2D eigenvalue weighted by Gasteiger charge is 2.11. The predicted molar refractivity (Wildman–Crippen MR) is 117 cm³/mol. The van der Waals surface area contributed by atoms with Crippen LogP contribution in [0.25, 0.3) is 11.1 Å². The van der Waals surface area contributed by atoms with Crippen LogP contribution in [0, 0.1) is 0 Å². The smallest absolute Gasteiger partial charge is 0.322 e. The summed E-state index contributed by atoms with van der Waals surface area (Å²) in [5, 5.41) is 10.6. The van der Waals surface area contributed by atoms with Crippen molar-refractivity contribution in [3.05, 3.63) is 101 Å². The third kappa shape index (κ3) is 5.00. The van der Waals surface area contributed by atoms with E-state index >= 15 is 0 Å². The number of amides is 1. The molecular formula is C25H23N3O2. The third-order valence-electron chi connectivity index (χ3n) is 4.93. The fraction of sp³-hybridized carbons (Fsp3) is 0.160. The van der Waals surface area contributed by atoms with Crippen LogP contribution >= 0.6 is 0 Å². The van der Waals surface area contributed by atoms with Crippen LogP contribution in [0.1, 0.15) is 29.5 Å². The predicted octanol–water partition coefficient (Wildman–Crippen LogP) is 5.07. The van der Waals surface area contributed by atoms with Crippen LogP contribution in [0.15, 0.2) is 83.3 Å². The van der Waals surface area contributed by atoms with Crippen LogP contribution in [0.3, 0.4) is 0 Å². The Balaban J connectivity index is 1.33. The molecule has 1 aromatic heterocycles. The molecule has 0 aliphatic rings. The van der Waals surface area contributed by atoms with Crippen molar-refractivity contribution in [1.82, 2.24) is 10.2 Å². The third-order valence-corrected chi connectivity index (χ3v) is 4.93. The Labute approximate surface area is 175 Å². The summed E-state index contributed by atoms with van der Waals surface area (Å²) in [7, 11) is 0. The molecule has 0 saturated heterocycles. The average Bonchev–Trinajstić information content (AvgIpc) is 3.22. The van der Waals surface area contributed by atoms with Crippen molar-refractivity contribution < 1.29 is 9.21 Å². The Morgan fingerprint density at radius 3 is 2.13 bits per heavy atom. The maximum absolute atomic E-state index is 12.3. The highest BCUT2D eigenvalue weighted by atomic mass is 16.4. The quantitative estimate of drug-likeness (QED) is 0.473. The van der Waals surface area contributed by atoms with Gasteiger partial charge in [-0.25, -0.2) is 0 Å². The van der Waals surface area contributed by atoms with E-state index in [1.165, 1.54) is 5.56 Å². The Morgan fingerprint density at radius 1 is 0.800 bits per heavy atom. The maximum Gasteiger partial charge on any atom is 0.322 e. The van der Waals surface area contributed by atoms with E-state index in [9.17, 15) is 4.79 Å². The highest BCUT2D eigenvalue weighted by Crippen LogP contribution is 2.19. The number of carbonyl (C=O) groups is 1. The first-order valence-corrected chi connectivity index (χ1v) is 10.0. The second kappa shape index (κ2) is 9.18. The second-order valence-corrected chi connectivity index (χ2v) is 7.14. The summed E-state index contributed by atoms with van der Waals surface area (Å²) in [5.41, 5.74) is 5.56. The molecule has 0 spiro atoms. The van der Waals surface area contributed by atoms with Gasteiger partial charge in [-0.1, -0.05) is 90.9 Å². The Kier molecular flexibility index (Phi) is 5.99. The normalized spacial score (nSPS) is 10.7. The van der Waals surface area contributed by atoms with Gasteiger partial charge < -0.3 is 4.42 Å². The minimum Gasteiger partial charge on any atom is -0.407 e. The number of nitrogens with zero attached hydrogens (tertiary/aromatic N) is 2. The van der Waals surface area contributed by atoms with Crippen LogP contribution in [-0.2, 0) is 24.1 Å². The average molecular weight is 397 g/mol. The molecule has 1 amide bonds. The number of hydrogen-bond acceptors (Lipinski definition) is 4. The first-order chi connectivity index (χ1) is 14.7. The number of benzene rings is 3. The van der Waals surface area contributed by atoms with Gasteiger partial charge in [-0.2, -0.15) is 0 Å². The van der Waals surface area contributed by atoms with Gasteiger partial charge in [-0.05, 0) is 34.2 Å². The van der Waals surface area contributed by atoms with Crippen molar-refractivity contribution in [2.75, 3.05) is 5.32 Å². The zero-order chi connectivity index (χ0) is 20.8. The molecule has 5 heteroatoms. The van der Waals surface area contributed by atoms with Crippen LogP contribution in [-0.4, -0.2) is 16.1 Å². The summed E-state index contributed by atoms with van der Waals surface area (Å²) in [6, 6.07) is 26.5. The molecule has 0 atom stereocenters. The van der Waals surface area contributed by atoms with Crippen LogP contribution in [0.4, 0.5) is 6.01 Å². The number of anilines is 1. The zero-order valence-electron chi connectivity index (χ0n) is 16.8. The summed E-state index contributed by atoms with van der Waals surface area (Å²) < 4.78 is 5.58. The Hall–Kier alpha value is -3.73. The maximum atomic E-state index is 12.3. The van der Waals surface area contributed by atoms with Crippen molar-refractivity contribution in [1.29, 1.82) is 0 Å². The molecule has 4 aromatic rings. The van der Waals surface area contributed by atoms with Gasteiger partial charge >= 0.3 is 6.01 Å². The van der Waals surface area contributed by atoms with E-state index in [0.29, 0.717) is 12.3 Å². The number of carbonyl (C=O) groups excluding carboxylic acids is 1. The highest BCUT2D eigenvalue weighted by molar-refractivity contribution is 5.90. The van der Waals surface area contributed by atoms with Crippen LogP contribution in [0.2, 0.25) is 0 Å². The standard InChI is InChI=1S/C25H23N3O2/c1-2-18-8-10-20(11-9-18)17-24-27-28-25(30-24)26-23(29)16-19-12-14-22(15-13-19)21-6-4-3-5-7-21/h3-15H,2,16-17H2,1H3,(H,26,28,29). The van der Waals surface area contributed by atoms with Gasteiger partial charge in [-0.15, -0.1) is 5.10 Å². The molecule has 0 aliphatic heterocycles. The molecule has 4 rings (SSSR count). The number of aryl methyl sites for hydroxylation is 1. The summed E-state index contributed by atoms with van der Waals surface area (Å²) in [5.74, 6) is 0.284. The van der Waals surface area contributed by atoms with Gasteiger partial charge in [0, 0.05) is 0 Å². The summed E-state index contributed by atoms with van der Waals surface area (Å²) in [4.78, 5) is 12.3. The Bertz CT molecular complexity index is 1100. The fourth-order valence-electron chi connectivity index (χ4n) is 3.24. The van der Waals surface area contributed by atoms with Crippen molar-refractivity contribution in [2.24, 2.45) is 0 Å². The SMILES string of the molecule is CCc1ccc(Cc2nnc(NC(=O)Cc3ccc(-c4ccccc4)cc3)o2)cc1. The summed E-state index contributed by atoms with van der Waals surface area (Å²) >= 11 is 0. The zero-order valence-corrected chi connectivity index (χ0v) is 16.8. The molecule has 0 bridgehead atoms. The monoisotopic (exact) mass is 397 g/mol. The lowest BCUT2D eigenvalue weighted by Crippen LogP contribution is -2.14. The minimum atomic E-state index is -0.190. The number of nitrogens with one attached hydrogen (secondary N) is 1. The van der Waals surface area contributed by atoms with E-state index in [-0.39, 0.29) is 18.3 Å². The second-order valence-electron chi connectivity index (χ2n) is 7.14. The van der Waals surface area contributed by atoms with E-state index in [1.807, 2.05) is 42.5 Å². The van der Waals surface area contributed by atoms with Gasteiger partial charge in [0.15, 0.2) is 0 Å². The van der Waals surface area contributed by atoms with Crippen molar-refractivity contribution in [3.8, 4) is 11.1 Å². The van der Waals surface area contributed by atoms with Crippen molar-refractivity contribution in [2.45, 2.75) is 26.2 Å². The molecule has 0 aliphatic carbocycles. The number of hydrogen-bond donors (Lipinski definition) is 1. The lowest BCUT2D eigenvalue weighted by atomic mass is 10.0. The van der Waals surface area contributed by atoms with E-state index in [4.69, 9.17) is 4.42 Å². The van der Waals surface area contributed by atoms with Gasteiger partial charge in [-0.3, -0.25) is 10.1 Å². The molecule has 0 saturated carbocycles. The van der Waals surface area contributed by atoms with E-state index in [1.54, 1.807) is 0 Å². The van der Waals surface area contributed by atoms with E-state index in [2.05, 4.69) is 58.8 Å². The van der Waals surface area contributed by atoms with E-state index in [0.717, 1.165) is 28.7 Å². The minimum absolute atomic E-state index is 0.126. The molecule has 0 unspecified atom stereocenters. The molecule has 3 aromatic carbocycles. The van der Waals surface area contributed by atoms with Crippen LogP contribution < -0.4 is 5.32 Å². The van der Waals surface area contributed by atoms with Gasteiger partial charge in [0.05, 0.1) is 12.8 Å². The molecule has 1 heterocycles. The molecular weight excluding hydrogens is 374 g/mol. The summed E-state index contributed by atoms with van der Waals surface area (Å²) in [6.45, 7) is 2.12. The molecule has 5 nitrogen and oxygen atoms in total. The Morgan fingerprint density at radius 2 is 1.43 bits per heavy atom. The first-order valence-electron chi connectivity index (χ1n) is 10.0. The largest absolute Gasteiger partial charge is 0.407 e. The fourth-order valence-corrected chi connectivity index (χ4v) is 3.24. The van der Waals surface area contributed by atoms with E-state index < -0.39 is 0 Å². The molecule has 30 heavy (non-hydrogen) atoms. The first kappa shape index (κ1) is 19.6. The molecule has 1 N–H and O–H groups in total. The number of aromatic nitrogens is 2. The van der Waals surface area contributed by atoms with Gasteiger partial charge in [0.2, 0.25) is 11.8 Å². The van der Waals surface area contributed by atoms with Gasteiger partial charge in [0.1, 0.15) is 0 Å². The lowest BCUT2D eigenvalue weighted by molar-refractivity contribution is -0.115. The van der Waals surface area contributed by atoms with Crippen molar-refractivity contribution in [3.63, 3.8) is 0 Å².